The number of nitrogens with one attached hydrogen (secondary N) is 1. The van der Waals surface area contributed by atoms with Gasteiger partial charge in [0.15, 0.2) is 0 Å². The van der Waals surface area contributed by atoms with E-state index in [0.29, 0.717) is 12.6 Å². The van der Waals surface area contributed by atoms with Crippen LogP contribution in [0.4, 0.5) is 4.79 Å². The van der Waals surface area contributed by atoms with Gasteiger partial charge in [-0.3, -0.25) is 0 Å². The van der Waals surface area contributed by atoms with E-state index >= 15 is 0 Å². The molecule has 2 rings (SSSR count). The summed E-state index contributed by atoms with van der Waals surface area (Å²) in [6.07, 6.45) is 2.10. The second kappa shape index (κ2) is 8.15. The summed E-state index contributed by atoms with van der Waals surface area (Å²) in [6.45, 7) is 2.11. The Labute approximate surface area is 133 Å². The van der Waals surface area contributed by atoms with E-state index in [-0.39, 0.29) is 12.1 Å². The van der Waals surface area contributed by atoms with Gasteiger partial charge in [-0.25, -0.2) is 4.79 Å². The molecule has 0 bridgehead atoms. The molecule has 2 amide bonds. The highest BCUT2D eigenvalue weighted by molar-refractivity contribution is 5.74. The van der Waals surface area contributed by atoms with Crippen molar-refractivity contribution < 1.29 is 9.53 Å². The van der Waals surface area contributed by atoms with Gasteiger partial charge in [0, 0.05) is 32.8 Å². The van der Waals surface area contributed by atoms with E-state index in [1.54, 1.807) is 7.11 Å². The Morgan fingerprint density at radius 1 is 1.41 bits per heavy atom. The van der Waals surface area contributed by atoms with Crippen molar-refractivity contribution >= 4 is 6.03 Å². The standard InChI is InChI=1S/C17H27N3O2/c1-19(2)15-10-7-11-20(13-15)17(21)18-12-16(22-3)14-8-5-4-6-9-14/h4-6,8-9,15-16H,7,10-13H2,1-3H3,(H,18,21)/t15-,16+/m0/s1. The van der Waals surface area contributed by atoms with Gasteiger partial charge >= 0.3 is 6.03 Å². The van der Waals surface area contributed by atoms with E-state index in [4.69, 9.17) is 4.74 Å². The van der Waals surface area contributed by atoms with Crippen molar-refractivity contribution in [2.24, 2.45) is 0 Å². The maximum absolute atomic E-state index is 12.4. The molecule has 1 fully saturated rings. The predicted octanol–water partition coefficient (Wildman–Crippen LogP) is 2.11. The summed E-state index contributed by atoms with van der Waals surface area (Å²) < 4.78 is 5.49. The summed E-state index contributed by atoms with van der Waals surface area (Å²) in [4.78, 5) is 16.5. The van der Waals surface area contributed by atoms with Crippen LogP contribution in [-0.2, 0) is 4.74 Å². The topological polar surface area (TPSA) is 44.8 Å². The van der Waals surface area contributed by atoms with Crippen LogP contribution in [-0.4, -0.2) is 62.7 Å². The molecule has 0 unspecified atom stereocenters. The normalized spacial score (nSPS) is 20.0. The molecule has 1 aliphatic rings. The zero-order chi connectivity index (χ0) is 15.9. The fraction of sp³-hybridized carbons (Fsp3) is 0.588. The molecule has 1 aliphatic heterocycles. The minimum Gasteiger partial charge on any atom is -0.375 e. The molecule has 1 aromatic carbocycles. The number of hydrogen-bond donors (Lipinski definition) is 1. The number of hydrogen-bond acceptors (Lipinski definition) is 3. The molecule has 0 radical (unpaired) electrons. The first-order valence-corrected chi connectivity index (χ1v) is 7.88. The zero-order valence-electron chi connectivity index (χ0n) is 13.8. The van der Waals surface area contributed by atoms with E-state index in [0.717, 1.165) is 31.5 Å². The number of amides is 2. The lowest BCUT2D eigenvalue weighted by atomic mass is 10.1. The summed E-state index contributed by atoms with van der Waals surface area (Å²) in [7, 11) is 5.82. The third-order valence-corrected chi connectivity index (χ3v) is 4.31. The number of piperidine rings is 1. The monoisotopic (exact) mass is 305 g/mol. The molecule has 0 spiro atoms. The van der Waals surface area contributed by atoms with Crippen LogP contribution in [0.2, 0.25) is 0 Å². The Morgan fingerprint density at radius 3 is 2.77 bits per heavy atom. The van der Waals surface area contributed by atoms with Gasteiger partial charge in [-0.05, 0) is 32.5 Å². The average molecular weight is 305 g/mol. The largest absolute Gasteiger partial charge is 0.375 e. The summed E-state index contributed by atoms with van der Waals surface area (Å²) in [5, 5.41) is 3.00. The van der Waals surface area contributed by atoms with E-state index in [9.17, 15) is 4.79 Å². The van der Waals surface area contributed by atoms with E-state index in [1.807, 2.05) is 35.2 Å². The summed E-state index contributed by atoms with van der Waals surface area (Å²) in [5.41, 5.74) is 1.08. The Morgan fingerprint density at radius 2 is 2.14 bits per heavy atom. The van der Waals surface area contributed by atoms with Crippen LogP contribution >= 0.6 is 0 Å². The van der Waals surface area contributed by atoms with Crippen molar-refractivity contribution in [2.75, 3.05) is 40.8 Å². The number of ether oxygens (including phenoxy) is 1. The highest BCUT2D eigenvalue weighted by atomic mass is 16.5. The van der Waals surface area contributed by atoms with Crippen LogP contribution in [0, 0.1) is 0 Å². The maximum Gasteiger partial charge on any atom is 0.317 e. The highest BCUT2D eigenvalue weighted by Gasteiger charge is 2.25. The van der Waals surface area contributed by atoms with Crippen molar-refractivity contribution in [3.05, 3.63) is 35.9 Å². The molecule has 1 N–H and O–H groups in total. The minimum atomic E-state index is -0.111. The third kappa shape index (κ3) is 4.45. The van der Waals surface area contributed by atoms with Crippen molar-refractivity contribution in [2.45, 2.75) is 25.0 Å². The molecule has 22 heavy (non-hydrogen) atoms. The lowest BCUT2D eigenvalue weighted by Crippen LogP contribution is -2.51. The molecule has 122 valence electrons. The van der Waals surface area contributed by atoms with Gasteiger partial charge in [-0.15, -0.1) is 0 Å². The Kier molecular flexibility index (Phi) is 6.21. The van der Waals surface area contributed by atoms with Crippen LogP contribution in [0.1, 0.15) is 24.5 Å². The Balaban J connectivity index is 1.86. The number of carbonyl (C=O) groups excluding carboxylic acids is 1. The smallest absolute Gasteiger partial charge is 0.317 e. The fourth-order valence-corrected chi connectivity index (χ4v) is 2.86. The molecule has 1 aromatic rings. The number of nitrogens with zero attached hydrogens (tertiary/aromatic N) is 2. The van der Waals surface area contributed by atoms with E-state index in [1.165, 1.54) is 0 Å². The maximum atomic E-state index is 12.4. The number of methoxy groups -OCH3 is 1. The Hall–Kier alpha value is -1.59. The van der Waals surface area contributed by atoms with Crippen LogP contribution in [0.15, 0.2) is 30.3 Å². The van der Waals surface area contributed by atoms with Crippen LogP contribution in [0.3, 0.4) is 0 Å². The molecule has 0 aromatic heterocycles. The van der Waals surface area contributed by atoms with Crippen LogP contribution in [0.5, 0.6) is 0 Å². The van der Waals surface area contributed by atoms with Crippen molar-refractivity contribution in [1.29, 1.82) is 0 Å². The number of rotatable bonds is 5. The van der Waals surface area contributed by atoms with E-state index < -0.39 is 0 Å². The number of carbonyl (C=O) groups is 1. The molecule has 5 nitrogen and oxygen atoms in total. The third-order valence-electron chi connectivity index (χ3n) is 4.31. The molecule has 1 heterocycles. The summed E-state index contributed by atoms with van der Waals surface area (Å²) >= 11 is 0. The molecular formula is C17H27N3O2. The zero-order valence-corrected chi connectivity index (χ0v) is 13.8. The van der Waals surface area contributed by atoms with Gasteiger partial charge in [0.1, 0.15) is 0 Å². The van der Waals surface area contributed by atoms with Gasteiger partial charge in [-0.2, -0.15) is 0 Å². The fourth-order valence-electron chi connectivity index (χ4n) is 2.86. The van der Waals surface area contributed by atoms with Crippen molar-refractivity contribution in [1.82, 2.24) is 15.1 Å². The number of likely N-dealkylation sites (N-methyl/N-ethyl adjacent to an activating group) is 1. The second-order valence-corrected chi connectivity index (χ2v) is 6.03. The molecule has 2 atom stereocenters. The average Bonchev–Trinajstić information content (AvgIpc) is 2.56. The summed E-state index contributed by atoms with van der Waals surface area (Å²) in [5.74, 6) is 0. The first-order valence-electron chi connectivity index (χ1n) is 7.88. The second-order valence-electron chi connectivity index (χ2n) is 6.03. The first-order chi connectivity index (χ1) is 10.6. The molecule has 1 saturated heterocycles. The molecule has 5 heteroatoms. The Bertz CT molecular complexity index is 464. The van der Waals surface area contributed by atoms with Crippen LogP contribution in [0.25, 0.3) is 0 Å². The SMILES string of the molecule is CO[C@H](CNC(=O)N1CCC[C@H](N(C)C)C1)c1ccccc1. The summed E-state index contributed by atoms with van der Waals surface area (Å²) in [6, 6.07) is 10.4. The number of benzene rings is 1. The molecular weight excluding hydrogens is 278 g/mol. The van der Waals surface area contributed by atoms with Gasteiger partial charge in [0.05, 0.1) is 6.10 Å². The minimum absolute atomic E-state index is 0.00420. The molecule has 0 aliphatic carbocycles. The highest BCUT2D eigenvalue weighted by Crippen LogP contribution is 2.16. The van der Waals surface area contributed by atoms with Crippen molar-refractivity contribution in [3.8, 4) is 0 Å². The van der Waals surface area contributed by atoms with Gasteiger partial charge < -0.3 is 19.9 Å². The lowest BCUT2D eigenvalue weighted by molar-refractivity contribution is 0.0976. The van der Waals surface area contributed by atoms with E-state index in [2.05, 4.69) is 24.3 Å². The van der Waals surface area contributed by atoms with Crippen molar-refractivity contribution in [3.63, 3.8) is 0 Å². The number of likely N-dealkylation sites (tertiary alicyclic amines) is 1. The predicted molar refractivity (Wildman–Crippen MR) is 87.9 cm³/mol. The van der Waals surface area contributed by atoms with Crippen LogP contribution < -0.4 is 5.32 Å². The van der Waals surface area contributed by atoms with Gasteiger partial charge in [0.25, 0.3) is 0 Å². The van der Waals surface area contributed by atoms with Gasteiger partial charge in [-0.1, -0.05) is 30.3 Å². The van der Waals surface area contributed by atoms with Gasteiger partial charge in [0.2, 0.25) is 0 Å². The lowest BCUT2D eigenvalue weighted by Gasteiger charge is -2.36. The quantitative estimate of drug-likeness (QED) is 0.906. The number of urea groups is 1. The first kappa shape index (κ1) is 16.8. The molecule has 0 saturated carbocycles.